The quantitative estimate of drug-likeness (QED) is 0.750. The molecule has 1 saturated heterocycles. The van der Waals surface area contributed by atoms with Crippen molar-refractivity contribution < 1.29 is 14.3 Å². The van der Waals surface area contributed by atoms with Gasteiger partial charge in [-0.3, -0.25) is 9.69 Å². The van der Waals surface area contributed by atoms with Gasteiger partial charge in [-0.2, -0.15) is 0 Å². The van der Waals surface area contributed by atoms with Crippen LogP contribution < -0.4 is 0 Å². The molecule has 102 valence electrons. The van der Waals surface area contributed by atoms with Gasteiger partial charge in [-0.25, -0.2) is 4.79 Å². The molecule has 1 aliphatic heterocycles. The Morgan fingerprint density at radius 3 is 2.50 bits per heavy atom. The molecule has 1 heterocycles. The third-order valence-corrected chi connectivity index (χ3v) is 3.15. The van der Waals surface area contributed by atoms with Crippen molar-refractivity contribution in [2.75, 3.05) is 26.2 Å². The van der Waals surface area contributed by atoms with E-state index >= 15 is 0 Å². The molecule has 0 bridgehead atoms. The van der Waals surface area contributed by atoms with Crippen LogP contribution in [0.5, 0.6) is 0 Å². The minimum atomic E-state index is -0.509. The maximum absolute atomic E-state index is 11.9. The molecule has 0 spiro atoms. The Hall–Kier alpha value is -1.26. The highest BCUT2D eigenvalue weighted by molar-refractivity contribution is 5.83. The van der Waals surface area contributed by atoms with E-state index in [1.54, 1.807) is 0 Å². The van der Waals surface area contributed by atoms with Crippen molar-refractivity contribution in [1.82, 2.24) is 9.80 Å². The van der Waals surface area contributed by atoms with E-state index in [2.05, 4.69) is 0 Å². The molecule has 0 aromatic heterocycles. The number of rotatable bonds is 2. The number of piperazine rings is 1. The van der Waals surface area contributed by atoms with Crippen LogP contribution in [0.15, 0.2) is 0 Å². The molecule has 2 amide bonds. The van der Waals surface area contributed by atoms with Gasteiger partial charge in [0.25, 0.3) is 0 Å². The van der Waals surface area contributed by atoms with Crippen LogP contribution in [0.1, 0.15) is 33.6 Å². The monoisotopic (exact) mass is 254 g/mol. The predicted octanol–water partition coefficient (Wildman–Crippen LogP) is 1.48. The van der Waals surface area contributed by atoms with Crippen molar-refractivity contribution in [3.63, 3.8) is 0 Å². The van der Waals surface area contributed by atoms with Crippen LogP contribution in [-0.2, 0) is 9.53 Å². The normalized spacial score (nSPS) is 21.2. The van der Waals surface area contributed by atoms with Gasteiger partial charge in [0.15, 0.2) is 0 Å². The van der Waals surface area contributed by atoms with E-state index in [9.17, 15) is 9.59 Å². The first-order chi connectivity index (χ1) is 8.35. The Kier molecular flexibility index (Phi) is 3.50. The van der Waals surface area contributed by atoms with Gasteiger partial charge in [0.1, 0.15) is 12.1 Å². The molecular formula is C13H22N2O3. The van der Waals surface area contributed by atoms with Crippen LogP contribution in [0.2, 0.25) is 0 Å². The SMILES string of the molecule is CC(C)(C)OC(=O)N1CCN(CC2CC2)C(=O)C1. The van der Waals surface area contributed by atoms with Crippen LogP contribution in [0.3, 0.4) is 0 Å². The van der Waals surface area contributed by atoms with E-state index < -0.39 is 5.60 Å². The van der Waals surface area contributed by atoms with Gasteiger partial charge in [-0.15, -0.1) is 0 Å². The number of hydrogen-bond acceptors (Lipinski definition) is 3. The van der Waals surface area contributed by atoms with Gasteiger partial charge >= 0.3 is 6.09 Å². The molecule has 5 heteroatoms. The molecule has 18 heavy (non-hydrogen) atoms. The fourth-order valence-electron chi connectivity index (χ4n) is 2.00. The molecule has 2 rings (SSSR count). The predicted molar refractivity (Wildman–Crippen MR) is 67.1 cm³/mol. The number of nitrogens with zero attached hydrogens (tertiary/aromatic N) is 2. The highest BCUT2D eigenvalue weighted by Crippen LogP contribution is 2.30. The van der Waals surface area contributed by atoms with Gasteiger partial charge in [-0.05, 0) is 39.5 Å². The Morgan fingerprint density at radius 1 is 1.33 bits per heavy atom. The average molecular weight is 254 g/mol. The highest BCUT2D eigenvalue weighted by atomic mass is 16.6. The lowest BCUT2D eigenvalue weighted by molar-refractivity contribution is -0.136. The first-order valence-corrected chi connectivity index (χ1v) is 6.61. The number of carbonyl (C=O) groups excluding carboxylic acids is 2. The van der Waals surface area contributed by atoms with E-state index in [1.165, 1.54) is 17.7 Å². The summed E-state index contributed by atoms with van der Waals surface area (Å²) >= 11 is 0. The van der Waals surface area contributed by atoms with Crippen LogP contribution >= 0.6 is 0 Å². The van der Waals surface area contributed by atoms with Gasteiger partial charge in [0.05, 0.1) is 0 Å². The summed E-state index contributed by atoms with van der Waals surface area (Å²) < 4.78 is 5.27. The van der Waals surface area contributed by atoms with Crippen molar-refractivity contribution >= 4 is 12.0 Å². The molecule has 0 unspecified atom stereocenters. The van der Waals surface area contributed by atoms with E-state index in [0.717, 1.165) is 6.54 Å². The summed E-state index contributed by atoms with van der Waals surface area (Å²) in [4.78, 5) is 27.1. The molecular weight excluding hydrogens is 232 g/mol. The van der Waals surface area contributed by atoms with Crippen LogP contribution in [0.4, 0.5) is 4.79 Å². The van der Waals surface area contributed by atoms with E-state index in [1.807, 2.05) is 25.7 Å². The van der Waals surface area contributed by atoms with Crippen molar-refractivity contribution in [2.45, 2.75) is 39.2 Å². The Morgan fingerprint density at radius 2 is 2.00 bits per heavy atom. The zero-order valence-electron chi connectivity index (χ0n) is 11.4. The number of carbonyl (C=O) groups is 2. The number of amides is 2. The van der Waals surface area contributed by atoms with Crippen LogP contribution in [0.25, 0.3) is 0 Å². The number of hydrogen-bond donors (Lipinski definition) is 0. The van der Waals surface area contributed by atoms with Gasteiger partial charge in [-0.1, -0.05) is 0 Å². The zero-order valence-corrected chi connectivity index (χ0v) is 11.4. The molecule has 1 aliphatic carbocycles. The zero-order chi connectivity index (χ0) is 13.3. The molecule has 0 radical (unpaired) electrons. The molecule has 0 atom stereocenters. The summed E-state index contributed by atoms with van der Waals surface area (Å²) in [5, 5.41) is 0. The van der Waals surface area contributed by atoms with E-state index in [-0.39, 0.29) is 18.5 Å². The lowest BCUT2D eigenvalue weighted by atomic mass is 10.2. The summed E-state index contributed by atoms with van der Waals surface area (Å²) in [7, 11) is 0. The van der Waals surface area contributed by atoms with Crippen LogP contribution in [-0.4, -0.2) is 53.6 Å². The minimum absolute atomic E-state index is 0.0407. The molecule has 0 aromatic rings. The largest absolute Gasteiger partial charge is 0.444 e. The second-order valence-corrected chi connectivity index (χ2v) is 6.19. The number of ether oxygens (including phenoxy) is 1. The summed E-state index contributed by atoms with van der Waals surface area (Å²) in [5.74, 6) is 0.737. The summed E-state index contributed by atoms with van der Waals surface area (Å²) in [6, 6.07) is 0. The standard InChI is InChI=1S/C13H22N2O3/c1-13(2,3)18-12(17)15-7-6-14(11(16)9-15)8-10-4-5-10/h10H,4-9H2,1-3H3. The smallest absolute Gasteiger partial charge is 0.410 e. The van der Waals surface area contributed by atoms with Gasteiger partial charge < -0.3 is 9.64 Å². The van der Waals surface area contributed by atoms with E-state index in [0.29, 0.717) is 19.0 Å². The average Bonchev–Trinajstić information content (AvgIpc) is 3.02. The highest BCUT2D eigenvalue weighted by Gasteiger charge is 2.33. The van der Waals surface area contributed by atoms with Crippen LogP contribution in [0, 0.1) is 5.92 Å². The first-order valence-electron chi connectivity index (χ1n) is 6.61. The Bertz CT molecular complexity index is 345. The van der Waals surface area contributed by atoms with Crippen molar-refractivity contribution in [3.05, 3.63) is 0 Å². The van der Waals surface area contributed by atoms with E-state index in [4.69, 9.17) is 4.74 Å². The lowest BCUT2D eigenvalue weighted by Crippen LogP contribution is -2.53. The van der Waals surface area contributed by atoms with Gasteiger partial charge in [0, 0.05) is 19.6 Å². The maximum atomic E-state index is 11.9. The Balaban J connectivity index is 1.83. The molecule has 0 N–H and O–H groups in total. The molecule has 2 aliphatic rings. The molecule has 5 nitrogen and oxygen atoms in total. The molecule has 1 saturated carbocycles. The topological polar surface area (TPSA) is 49.9 Å². The second kappa shape index (κ2) is 4.78. The second-order valence-electron chi connectivity index (χ2n) is 6.19. The fourth-order valence-corrected chi connectivity index (χ4v) is 2.00. The summed E-state index contributed by atoms with van der Waals surface area (Å²) in [5.41, 5.74) is -0.509. The molecule has 0 aromatic carbocycles. The summed E-state index contributed by atoms with van der Waals surface area (Å²) in [6.07, 6.45) is 2.08. The van der Waals surface area contributed by atoms with Gasteiger partial charge in [0.2, 0.25) is 5.91 Å². The van der Waals surface area contributed by atoms with Crippen molar-refractivity contribution in [3.8, 4) is 0 Å². The Labute approximate surface area is 108 Å². The maximum Gasteiger partial charge on any atom is 0.410 e. The first kappa shape index (κ1) is 13.2. The van der Waals surface area contributed by atoms with Crippen molar-refractivity contribution in [2.24, 2.45) is 5.92 Å². The third kappa shape index (κ3) is 3.62. The molecule has 2 fully saturated rings. The third-order valence-electron chi connectivity index (χ3n) is 3.15. The lowest BCUT2D eigenvalue weighted by Gasteiger charge is -2.35. The van der Waals surface area contributed by atoms with Crippen molar-refractivity contribution in [1.29, 1.82) is 0 Å². The minimum Gasteiger partial charge on any atom is -0.444 e. The summed E-state index contributed by atoms with van der Waals surface area (Å²) in [6.45, 7) is 7.72. The fraction of sp³-hybridized carbons (Fsp3) is 0.846.